The van der Waals surface area contributed by atoms with Gasteiger partial charge in [0.25, 0.3) is 5.91 Å². The number of Topliss-reactive ketones (excluding diaryl/α,β-unsaturated/α-hetero) is 1. The van der Waals surface area contributed by atoms with Gasteiger partial charge in [0.1, 0.15) is 10.8 Å². The lowest BCUT2D eigenvalue weighted by Gasteiger charge is -2.24. The largest absolute Gasteiger partial charge is 0.384 e. The highest BCUT2D eigenvalue weighted by Crippen LogP contribution is 2.45. The smallest absolute Gasteiger partial charge is 0.323 e. The van der Waals surface area contributed by atoms with Crippen LogP contribution in [0.5, 0.6) is 0 Å². The Morgan fingerprint density at radius 2 is 1.47 bits per heavy atom. The van der Waals surface area contributed by atoms with E-state index >= 15 is 0 Å². The average Bonchev–Trinajstić information content (AvgIpc) is 3.44. The second kappa shape index (κ2) is 19.2. The number of unbranched alkanes of at least 4 members (excludes halogenated alkanes) is 9. The summed E-state index contributed by atoms with van der Waals surface area (Å²) in [6, 6.07) is 11.6. The molecular formula is C37H44ClN7O5S. The van der Waals surface area contributed by atoms with Gasteiger partial charge in [-0.2, -0.15) is 0 Å². The Bertz CT molecular complexity index is 1720. The first kappa shape index (κ1) is 37.8. The number of ketones is 1. The minimum Gasteiger partial charge on any atom is -0.384 e. The van der Waals surface area contributed by atoms with Crippen LogP contribution in [0.1, 0.15) is 97.9 Å². The van der Waals surface area contributed by atoms with Gasteiger partial charge in [-0.3, -0.25) is 29.5 Å². The number of benzene rings is 1. The summed E-state index contributed by atoms with van der Waals surface area (Å²) in [6.07, 6.45) is 14.8. The summed E-state index contributed by atoms with van der Waals surface area (Å²) in [4.78, 5) is 71.0. The van der Waals surface area contributed by atoms with Crippen LogP contribution in [0.15, 0.2) is 59.8 Å². The molecule has 1 fully saturated rings. The molecule has 2 unspecified atom stereocenters. The summed E-state index contributed by atoms with van der Waals surface area (Å²) in [5.74, 6) is -1.40. The number of aromatic nitrogens is 2. The van der Waals surface area contributed by atoms with Crippen molar-refractivity contribution >= 4 is 70.0 Å². The summed E-state index contributed by atoms with van der Waals surface area (Å²) < 4.78 is 0. The Balaban J connectivity index is 0.870. The Morgan fingerprint density at radius 3 is 2.16 bits per heavy atom. The van der Waals surface area contributed by atoms with Crippen LogP contribution < -0.4 is 26.6 Å². The van der Waals surface area contributed by atoms with E-state index in [0.29, 0.717) is 29.9 Å². The van der Waals surface area contributed by atoms with Gasteiger partial charge in [-0.05, 0) is 55.7 Å². The second-order valence-corrected chi connectivity index (χ2v) is 14.3. The molecule has 4 heterocycles. The molecule has 12 nitrogen and oxygen atoms in total. The van der Waals surface area contributed by atoms with Crippen molar-refractivity contribution in [2.45, 2.75) is 87.2 Å². The SMILES string of the molecule is O=C1CCC(C2Sc3cccc(NCCCCCCCCCCCCNC(=O)c4cc(NC(=O)Nc5ccnc(Cl)c5)ccn4)c3C2=O)C(=O)N1. The number of halogens is 1. The maximum Gasteiger partial charge on any atom is 0.323 e. The minimum absolute atomic E-state index is 0.0255. The lowest BCUT2D eigenvalue weighted by Crippen LogP contribution is -2.45. The number of thioether (sulfide) groups is 1. The zero-order valence-electron chi connectivity index (χ0n) is 28.5. The van der Waals surface area contributed by atoms with Gasteiger partial charge in [0, 0.05) is 53.9 Å². The molecule has 0 radical (unpaired) electrons. The number of pyridine rings is 2. The topological polar surface area (TPSA) is 171 Å². The predicted molar refractivity (Wildman–Crippen MR) is 199 cm³/mol. The summed E-state index contributed by atoms with van der Waals surface area (Å²) in [5, 5.41) is 13.9. The van der Waals surface area contributed by atoms with E-state index in [4.69, 9.17) is 11.6 Å². The fraction of sp³-hybridized carbons (Fsp3) is 0.432. The second-order valence-electron chi connectivity index (χ2n) is 12.7. The number of nitrogens with zero attached hydrogens (tertiary/aromatic N) is 2. The highest BCUT2D eigenvalue weighted by atomic mass is 35.5. The fourth-order valence-electron chi connectivity index (χ4n) is 6.21. The summed E-state index contributed by atoms with van der Waals surface area (Å²) in [5.41, 5.74) is 2.67. The lowest BCUT2D eigenvalue weighted by atomic mass is 9.90. The Labute approximate surface area is 307 Å². The van der Waals surface area contributed by atoms with E-state index in [1.807, 2.05) is 18.2 Å². The maximum atomic E-state index is 13.3. The molecule has 2 aromatic heterocycles. The molecule has 3 aromatic rings. The number of fused-ring (bicyclic) bond motifs is 1. The third-order valence-corrected chi connectivity index (χ3v) is 10.5. The van der Waals surface area contributed by atoms with Crippen molar-refractivity contribution in [2.75, 3.05) is 29.0 Å². The molecular weight excluding hydrogens is 690 g/mol. The molecule has 5 amide bonds. The molecule has 270 valence electrons. The number of amides is 5. The predicted octanol–water partition coefficient (Wildman–Crippen LogP) is 7.23. The van der Waals surface area contributed by atoms with E-state index in [-0.39, 0.29) is 40.8 Å². The molecule has 0 aliphatic carbocycles. The average molecular weight is 734 g/mol. The van der Waals surface area contributed by atoms with Crippen molar-refractivity contribution in [3.8, 4) is 0 Å². The van der Waals surface area contributed by atoms with Crippen molar-refractivity contribution in [1.82, 2.24) is 20.6 Å². The Hall–Kier alpha value is -4.49. The third kappa shape index (κ3) is 11.3. The Morgan fingerprint density at radius 1 is 0.824 bits per heavy atom. The molecule has 0 bridgehead atoms. The number of carbonyl (C=O) groups is 5. The van der Waals surface area contributed by atoms with Crippen molar-refractivity contribution in [3.63, 3.8) is 0 Å². The van der Waals surface area contributed by atoms with Crippen molar-refractivity contribution in [2.24, 2.45) is 5.92 Å². The first-order valence-electron chi connectivity index (χ1n) is 17.6. The van der Waals surface area contributed by atoms with E-state index in [9.17, 15) is 24.0 Å². The lowest BCUT2D eigenvalue weighted by molar-refractivity contribution is -0.136. The summed E-state index contributed by atoms with van der Waals surface area (Å²) in [7, 11) is 0. The minimum atomic E-state index is -0.478. The molecule has 2 aliphatic rings. The molecule has 14 heteroatoms. The molecule has 1 aromatic carbocycles. The fourth-order valence-corrected chi connectivity index (χ4v) is 7.80. The van der Waals surface area contributed by atoms with Crippen LogP contribution in [-0.4, -0.2) is 57.8 Å². The summed E-state index contributed by atoms with van der Waals surface area (Å²) >= 11 is 7.29. The van der Waals surface area contributed by atoms with Crippen LogP contribution in [0.25, 0.3) is 0 Å². The highest BCUT2D eigenvalue weighted by Gasteiger charge is 2.43. The van der Waals surface area contributed by atoms with Gasteiger partial charge in [0.2, 0.25) is 11.8 Å². The number of urea groups is 1. The van der Waals surface area contributed by atoms with Gasteiger partial charge in [-0.1, -0.05) is 69.0 Å². The van der Waals surface area contributed by atoms with Gasteiger partial charge in [-0.15, -0.1) is 11.8 Å². The van der Waals surface area contributed by atoms with Gasteiger partial charge in [0.15, 0.2) is 5.78 Å². The molecule has 2 atom stereocenters. The van der Waals surface area contributed by atoms with Gasteiger partial charge in [-0.25, -0.2) is 9.78 Å². The summed E-state index contributed by atoms with van der Waals surface area (Å²) in [6.45, 7) is 1.35. The molecule has 51 heavy (non-hydrogen) atoms. The van der Waals surface area contributed by atoms with E-state index < -0.39 is 17.2 Å². The molecule has 5 rings (SSSR count). The number of rotatable bonds is 18. The van der Waals surface area contributed by atoms with Crippen LogP contribution >= 0.6 is 23.4 Å². The van der Waals surface area contributed by atoms with Crippen LogP contribution in [0.2, 0.25) is 5.15 Å². The van der Waals surface area contributed by atoms with Gasteiger partial charge >= 0.3 is 6.03 Å². The number of carbonyl (C=O) groups excluding carboxylic acids is 5. The van der Waals surface area contributed by atoms with E-state index in [1.54, 1.807) is 12.1 Å². The number of hydrogen-bond donors (Lipinski definition) is 5. The van der Waals surface area contributed by atoms with E-state index in [0.717, 1.165) is 49.2 Å². The van der Waals surface area contributed by atoms with Gasteiger partial charge in [0.05, 0.1) is 16.7 Å². The van der Waals surface area contributed by atoms with Crippen molar-refractivity contribution in [1.29, 1.82) is 0 Å². The standard InChI is InChI=1S/C37H44ClN7O5S/c38-30-23-25(17-21-41-30)44-37(50)43-24-16-20-40-28(22-24)36(49)42-19-10-8-6-4-2-1-3-5-7-9-18-39-27-12-11-13-29-32(27)33(47)34(51-29)26-14-15-31(46)45-35(26)48/h11-13,16-17,20-23,26,34,39H,1-10,14-15,18-19H2,(H,42,49)(H,45,46,48)(H2,40,41,43,44,50). The molecule has 5 N–H and O–H groups in total. The molecule has 1 saturated heterocycles. The number of hydrogen-bond acceptors (Lipinski definition) is 9. The highest BCUT2D eigenvalue weighted by molar-refractivity contribution is 8.01. The molecule has 0 saturated carbocycles. The Kier molecular flexibility index (Phi) is 14.2. The van der Waals surface area contributed by atoms with E-state index in [1.165, 1.54) is 68.4 Å². The monoisotopic (exact) mass is 733 g/mol. The van der Waals surface area contributed by atoms with E-state index in [2.05, 4.69) is 36.6 Å². The van der Waals surface area contributed by atoms with Crippen LogP contribution in [-0.2, 0) is 9.59 Å². The first-order chi connectivity index (χ1) is 24.8. The molecule has 0 spiro atoms. The first-order valence-corrected chi connectivity index (χ1v) is 18.9. The molecule has 2 aliphatic heterocycles. The zero-order chi connectivity index (χ0) is 36.0. The third-order valence-electron chi connectivity index (χ3n) is 8.87. The van der Waals surface area contributed by atoms with Crippen LogP contribution in [0.4, 0.5) is 21.9 Å². The van der Waals surface area contributed by atoms with Crippen molar-refractivity contribution in [3.05, 3.63) is 71.3 Å². The number of piperidine rings is 1. The van der Waals surface area contributed by atoms with Crippen LogP contribution in [0, 0.1) is 5.92 Å². The number of anilines is 3. The number of nitrogens with one attached hydrogen (secondary N) is 5. The quantitative estimate of drug-likeness (QED) is 0.0514. The van der Waals surface area contributed by atoms with Gasteiger partial charge < -0.3 is 21.3 Å². The van der Waals surface area contributed by atoms with Crippen LogP contribution in [0.3, 0.4) is 0 Å². The number of imide groups is 1. The zero-order valence-corrected chi connectivity index (χ0v) is 30.0. The normalized spacial score (nSPS) is 16.7. The van der Waals surface area contributed by atoms with Crippen molar-refractivity contribution < 1.29 is 24.0 Å². The maximum absolute atomic E-state index is 13.3.